The molecule has 0 saturated carbocycles. The molecule has 0 unspecified atom stereocenters. The zero-order valence-electron chi connectivity index (χ0n) is 12.7. The van der Waals surface area contributed by atoms with Crippen LogP contribution in [0.4, 0.5) is 11.4 Å². The van der Waals surface area contributed by atoms with Crippen molar-refractivity contribution in [2.45, 2.75) is 26.3 Å². The minimum Gasteiger partial charge on any atom is -0.325 e. The highest BCUT2D eigenvalue weighted by Gasteiger charge is 2.21. The molecule has 23 heavy (non-hydrogen) atoms. The number of nitrogens with one attached hydrogen (secondary N) is 2. The van der Waals surface area contributed by atoms with Gasteiger partial charge in [-0.25, -0.2) is 0 Å². The second-order valence-electron chi connectivity index (χ2n) is 5.50. The molecule has 0 bridgehead atoms. The lowest BCUT2D eigenvalue weighted by Gasteiger charge is -2.11. The lowest BCUT2D eigenvalue weighted by atomic mass is 10.1. The second kappa shape index (κ2) is 6.42. The van der Waals surface area contributed by atoms with Crippen molar-refractivity contribution in [2.75, 3.05) is 16.5 Å². The molecule has 2 aromatic rings. The van der Waals surface area contributed by atoms with E-state index in [0.29, 0.717) is 16.9 Å². The van der Waals surface area contributed by atoms with E-state index in [-0.39, 0.29) is 17.7 Å². The van der Waals surface area contributed by atoms with Crippen LogP contribution < -0.4 is 10.6 Å². The van der Waals surface area contributed by atoms with Crippen molar-refractivity contribution in [3.8, 4) is 0 Å². The highest BCUT2D eigenvalue weighted by molar-refractivity contribution is 6.29. The van der Waals surface area contributed by atoms with E-state index >= 15 is 0 Å². The molecular weight excluding hydrogens is 316 g/mol. The number of amides is 2. The van der Waals surface area contributed by atoms with Crippen LogP contribution in [0.5, 0.6) is 0 Å². The molecule has 2 heterocycles. The molecule has 1 aliphatic heterocycles. The van der Waals surface area contributed by atoms with Crippen molar-refractivity contribution in [2.24, 2.45) is 0 Å². The van der Waals surface area contributed by atoms with E-state index in [4.69, 9.17) is 11.6 Å². The Labute approximate surface area is 138 Å². The summed E-state index contributed by atoms with van der Waals surface area (Å²) >= 11 is 5.49. The van der Waals surface area contributed by atoms with Crippen molar-refractivity contribution in [1.29, 1.82) is 0 Å². The van der Waals surface area contributed by atoms with Gasteiger partial charge in [-0.1, -0.05) is 6.07 Å². The Kier molecular flexibility index (Phi) is 4.34. The van der Waals surface area contributed by atoms with E-state index in [9.17, 15) is 9.59 Å². The molecule has 0 saturated heterocycles. The average molecular weight is 333 g/mol. The van der Waals surface area contributed by atoms with E-state index in [2.05, 4.69) is 15.7 Å². The highest BCUT2D eigenvalue weighted by atomic mass is 35.5. The predicted molar refractivity (Wildman–Crippen MR) is 89.0 cm³/mol. The highest BCUT2D eigenvalue weighted by Crippen LogP contribution is 2.23. The number of halogens is 1. The van der Waals surface area contributed by atoms with Gasteiger partial charge in [-0.15, -0.1) is 11.6 Å². The summed E-state index contributed by atoms with van der Waals surface area (Å²) in [4.78, 5) is 23.9. The first-order valence-electron chi connectivity index (χ1n) is 7.41. The fourth-order valence-corrected chi connectivity index (χ4v) is 2.74. The molecule has 3 rings (SSSR count). The summed E-state index contributed by atoms with van der Waals surface area (Å²) in [6.45, 7) is 2.76. The van der Waals surface area contributed by atoms with Crippen molar-refractivity contribution in [3.63, 3.8) is 0 Å². The largest absolute Gasteiger partial charge is 0.325 e. The third-order valence-corrected chi connectivity index (χ3v) is 4.11. The topological polar surface area (TPSA) is 76.0 Å². The number of rotatable bonds is 4. The van der Waals surface area contributed by atoms with E-state index in [1.807, 2.05) is 17.7 Å². The summed E-state index contributed by atoms with van der Waals surface area (Å²) in [6, 6.07) is 5.33. The molecule has 120 valence electrons. The van der Waals surface area contributed by atoms with E-state index in [0.717, 1.165) is 30.6 Å². The summed E-state index contributed by atoms with van der Waals surface area (Å²) in [5, 5.41) is 9.80. The lowest BCUT2D eigenvalue weighted by Crippen LogP contribution is -2.15. The van der Waals surface area contributed by atoms with Gasteiger partial charge in [0.2, 0.25) is 5.91 Å². The van der Waals surface area contributed by atoms with Crippen molar-refractivity contribution < 1.29 is 9.59 Å². The molecule has 0 spiro atoms. The summed E-state index contributed by atoms with van der Waals surface area (Å²) in [5.41, 5.74) is 3.74. The minimum absolute atomic E-state index is 0.113. The Hall–Kier alpha value is -2.34. The van der Waals surface area contributed by atoms with Crippen LogP contribution in [-0.4, -0.2) is 27.5 Å². The van der Waals surface area contributed by atoms with Gasteiger partial charge in [0.15, 0.2) is 0 Å². The maximum Gasteiger partial charge on any atom is 0.259 e. The fourth-order valence-electron chi connectivity index (χ4n) is 2.67. The summed E-state index contributed by atoms with van der Waals surface area (Å²) in [7, 11) is 0. The van der Waals surface area contributed by atoms with Crippen LogP contribution in [0.3, 0.4) is 0 Å². The van der Waals surface area contributed by atoms with E-state index < -0.39 is 0 Å². The molecular formula is C16H17ClN4O2. The van der Waals surface area contributed by atoms with Crippen molar-refractivity contribution in [1.82, 2.24) is 9.78 Å². The van der Waals surface area contributed by atoms with Gasteiger partial charge < -0.3 is 10.6 Å². The zero-order valence-corrected chi connectivity index (χ0v) is 13.5. The molecule has 6 nitrogen and oxygen atoms in total. The predicted octanol–water partition coefficient (Wildman–Crippen LogP) is 2.57. The summed E-state index contributed by atoms with van der Waals surface area (Å²) < 4.78 is 1.87. The Morgan fingerprint density at radius 1 is 1.35 bits per heavy atom. The second-order valence-corrected chi connectivity index (χ2v) is 5.76. The first-order chi connectivity index (χ1) is 11.1. The van der Waals surface area contributed by atoms with Gasteiger partial charge in [0, 0.05) is 17.9 Å². The van der Waals surface area contributed by atoms with Crippen molar-refractivity contribution in [3.05, 3.63) is 41.2 Å². The molecule has 0 radical (unpaired) electrons. The molecule has 1 aromatic heterocycles. The van der Waals surface area contributed by atoms with Crippen LogP contribution in [0.15, 0.2) is 24.4 Å². The van der Waals surface area contributed by atoms with Gasteiger partial charge in [-0.2, -0.15) is 5.10 Å². The number of anilines is 2. The van der Waals surface area contributed by atoms with Gasteiger partial charge in [-0.3, -0.25) is 14.3 Å². The van der Waals surface area contributed by atoms with Crippen LogP contribution in [0.1, 0.15) is 28.0 Å². The molecule has 0 atom stereocenters. The zero-order chi connectivity index (χ0) is 16.4. The van der Waals surface area contributed by atoms with Crippen LogP contribution in [0.2, 0.25) is 0 Å². The van der Waals surface area contributed by atoms with E-state index in [1.165, 1.54) is 0 Å². The molecule has 1 aromatic carbocycles. The lowest BCUT2D eigenvalue weighted by molar-refractivity contribution is -0.113. The average Bonchev–Trinajstić information content (AvgIpc) is 3.13. The van der Waals surface area contributed by atoms with Gasteiger partial charge in [0.05, 0.1) is 17.5 Å². The minimum atomic E-state index is -0.290. The third-order valence-electron chi connectivity index (χ3n) is 3.87. The number of hydrogen-bond donors (Lipinski definition) is 2. The van der Waals surface area contributed by atoms with Gasteiger partial charge >= 0.3 is 0 Å². The number of hydrogen-bond acceptors (Lipinski definition) is 3. The Balaban J connectivity index is 1.80. The Bertz CT molecular complexity index is 769. The number of nitrogens with zero attached hydrogens (tertiary/aromatic N) is 2. The smallest absolute Gasteiger partial charge is 0.259 e. The number of alkyl halides is 1. The van der Waals surface area contributed by atoms with Gasteiger partial charge in [-0.05, 0) is 37.5 Å². The maximum absolute atomic E-state index is 12.5. The monoisotopic (exact) mass is 332 g/mol. The van der Waals surface area contributed by atoms with Crippen LogP contribution in [0, 0.1) is 6.92 Å². The molecule has 1 aliphatic rings. The van der Waals surface area contributed by atoms with Gasteiger partial charge in [0.25, 0.3) is 5.91 Å². The first kappa shape index (κ1) is 15.6. The van der Waals surface area contributed by atoms with E-state index in [1.54, 1.807) is 18.3 Å². The molecule has 2 N–H and O–H groups in total. The Morgan fingerprint density at radius 2 is 2.17 bits per heavy atom. The van der Waals surface area contributed by atoms with Gasteiger partial charge in [0.1, 0.15) is 5.88 Å². The third kappa shape index (κ3) is 3.22. The first-order valence-corrected chi connectivity index (χ1v) is 7.94. The fraction of sp³-hybridized carbons (Fsp3) is 0.312. The number of aryl methyl sites for hydroxylation is 2. The number of carbonyl (C=O) groups is 2. The summed E-state index contributed by atoms with van der Waals surface area (Å²) in [5.74, 6) is -0.586. The quantitative estimate of drug-likeness (QED) is 0.845. The number of benzene rings is 1. The molecule has 7 heteroatoms. The van der Waals surface area contributed by atoms with Crippen LogP contribution >= 0.6 is 11.6 Å². The van der Waals surface area contributed by atoms with Crippen molar-refractivity contribution >= 4 is 34.8 Å². The number of aromatic nitrogens is 2. The maximum atomic E-state index is 12.5. The standard InChI is InChI=1S/C16H17ClN4O2/c1-10-4-5-11(19-15(22)8-17)7-13(10)20-16(23)12-9-18-21-6-2-3-14(12)21/h4-5,7,9H,2-3,6,8H2,1H3,(H,19,22)(H,20,23). The molecule has 0 aliphatic carbocycles. The Morgan fingerprint density at radius 3 is 2.96 bits per heavy atom. The molecule has 2 amide bonds. The summed E-state index contributed by atoms with van der Waals surface area (Å²) in [6.07, 6.45) is 3.49. The van der Waals surface area contributed by atoms with Crippen LogP contribution in [-0.2, 0) is 17.8 Å². The normalized spacial score (nSPS) is 12.8. The number of carbonyl (C=O) groups excluding carboxylic acids is 2. The molecule has 0 fully saturated rings. The number of fused-ring (bicyclic) bond motifs is 1. The SMILES string of the molecule is Cc1ccc(NC(=O)CCl)cc1NC(=O)c1cnn2c1CCC2. The van der Waals surface area contributed by atoms with Crippen LogP contribution in [0.25, 0.3) is 0 Å².